The van der Waals surface area contributed by atoms with Gasteiger partial charge in [-0.05, 0) is 52.3 Å². The van der Waals surface area contributed by atoms with Gasteiger partial charge in [-0.2, -0.15) is 0 Å². The monoisotopic (exact) mass is 552 g/mol. The number of rotatable bonds is 9. The number of allylic oxidation sites excluding steroid dienone is 1. The van der Waals surface area contributed by atoms with Gasteiger partial charge >= 0.3 is 0 Å². The molecule has 39 heavy (non-hydrogen) atoms. The van der Waals surface area contributed by atoms with Crippen molar-refractivity contribution in [2.24, 2.45) is 0 Å². The highest BCUT2D eigenvalue weighted by molar-refractivity contribution is 7.14. The highest BCUT2D eigenvalue weighted by atomic mass is 32.1. The molecular weight excluding hydrogens is 512 g/mol. The van der Waals surface area contributed by atoms with Crippen LogP contribution < -0.4 is 10.6 Å². The lowest BCUT2D eigenvalue weighted by molar-refractivity contribution is -0.119. The van der Waals surface area contributed by atoms with E-state index in [0.29, 0.717) is 22.0 Å². The van der Waals surface area contributed by atoms with Crippen molar-refractivity contribution in [2.45, 2.75) is 66.5 Å². The van der Waals surface area contributed by atoms with Crippen molar-refractivity contribution in [3.8, 4) is 11.3 Å². The topological polar surface area (TPSA) is 102 Å². The van der Waals surface area contributed by atoms with Gasteiger partial charge in [0.15, 0.2) is 10.9 Å². The molecule has 8 nitrogen and oxygen atoms in total. The molecule has 1 unspecified atom stereocenters. The second kappa shape index (κ2) is 14.6. The second-order valence-electron chi connectivity index (χ2n) is 10.1. The zero-order chi connectivity index (χ0) is 29.2. The van der Waals surface area contributed by atoms with Crippen molar-refractivity contribution < 1.29 is 19.1 Å². The molecule has 9 heteroatoms. The Hall–Kier alpha value is -3.56. The minimum absolute atomic E-state index is 0.00413. The molecule has 0 fully saturated rings. The maximum Gasteiger partial charge on any atom is 0.253 e. The number of benzene rings is 1. The summed E-state index contributed by atoms with van der Waals surface area (Å²) in [6.45, 7) is 13.8. The third kappa shape index (κ3) is 9.01. The summed E-state index contributed by atoms with van der Waals surface area (Å²) in [5, 5.41) is 7.69. The first-order chi connectivity index (χ1) is 18.4. The molecule has 2 heterocycles. The molecule has 0 saturated carbocycles. The molecule has 0 aliphatic rings. The van der Waals surface area contributed by atoms with Gasteiger partial charge in [0.2, 0.25) is 0 Å². The summed E-state index contributed by atoms with van der Waals surface area (Å²) in [5.74, 6) is -0.841. The third-order valence-electron chi connectivity index (χ3n) is 5.49. The smallest absolute Gasteiger partial charge is 0.253 e. The van der Waals surface area contributed by atoms with Gasteiger partial charge in [-0.25, -0.2) is 4.98 Å². The number of thiazole rings is 1. The number of aromatic nitrogens is 2. The fourth-order valence-corrected chi connectivity index (χ4v) is 4.26. The van der Waals surface area contributed by atoms with E-state index in [1.807, 2.05) is 68.1 Å². The number of hydrogen-bond acceptors (Lipinski definition) is 6. The standard InChI is InChI=1S/C27H32N4O4S.C3H8/c1-7-8-18-9-10-19(13-21(18)17(2)32)23-16-36-26(29-23)30-25(34)22(15-35-6)28-24(33)20-11-12-31(14-20)27(3,4)5;1-3-2/h7-14,16,22H,15H2,1-6H3,(H,28,33)(H,29,30,34);3H2,1-2H3/b8-7-;. The van der Waals surface area contributed by atoms with Crippen molar-refractivity contribution in [1.29, 1.82) is 0 Å². The summed E-state index contributed by atoms with van der Waals surface area (Å²) in [7, 11) is 1.47. The van der Waals surface area contributed by atoms with Crippen molar-refractivity contribution in [2.75, 3.05) is 19.0 Å². The van der Waals surface area contributed by atoms with Gasteiger partial charge in [0.05, 0.1) is 17.9 Å². The van der Waals surface area contributed by atoms with E-state index in [9.17, 15) is 14.4 Å². The number of carbonyl (C=O) groups excluding carboxylic acids is 3. The molecule has 0 aliphatic heterocycles. The van der Waals surface area contributed by atoms with Crippen LogP contribution in [-0.4, -0.2) is 46.9 Å². The van der Waals surface area contributed by atoms with Gasteiger partial charge in [-0.3, -0.25) is 14.4 Å². The average Bonchev–Trinajstić information content (AvgIpc) is 3.55. The zero-order valence-electron chi connectivity index (χ0n) is 24.1. The van der Waals surface area contributed by atoms with E-state index in [1.165, 1.54) is 31.8 Å². The number of nitrogens with one attached hydrogen (secondary N) is 2. The van der Waals surface area contributed by atoms with Crippen LogP contribution >= 0.6 is 11.3 Å². The van der Waals surface area contributed by atoms with Crippen molar-refractivity contribution in [3.05, 3.63) is 64.8 Å². The molecule has 0 saturated heterocycles. The van der Waals surface area contributed by atoms with Crippen LogP contribution in [0.5, 0.6) is 0 Å². The number of methoxy groups -OCH3 is 1. The molecule has 0 spiro atoms. The fraction of sp³-hybridized carbons (Fsp3) is 0.400. The van der Waals surface area contributed by atoms with E-state index in [2.05, 4.69) is 29.5 Å². The molecule has 2 aromatic heterocycles. The van der Waals surface area contributed by atoms with Gasteiger partial charge in [0.25, 0.3) is 11.8 Å². The molecule has 0 bridgehead atoms. The van der Waals surface area contributed by atoms with E-state index < -0.39 is 11.9 Å². The molecule has 1 atom stereocenters. The lowest BCUT2D eigenvalue weighted by atomic mass is 9.99. The minimum atomic E-state index is -0.905. The highest BCUT2D eigenvalue weighted by Gasteiger charge is 2.24. The van der Waals surface area contributed by atoms with Gasteiger partial charge in [-0.1, -0.05) is 44.6 Å². The number of Topliss-reactive ketones (excluding diaryl/α,β-unsaturated/α-hetero) is 1. The first kappa shape index (κ1) is 31.7. The highest BCUT2D eigenvalue weighted by Crippen LogP contribution is 2.27. The maximum absolute atomic E-state index is 12.9. The van der Waals surface area contributed by atoms with Crippen LogP contribution in [0.3, 0.4) is 0 Å². The number of nitrogens with zero attached hydrogens (tertiary/aromatic N) is 2. The van der Waals surface area contributed by atoms with Crippen molar-refractivity contribution in [1.82, 2.24) is 14.9 Å². The van der Waals surface area contributed by atoms with Gasteiger partial charge in [0.1, 0.15) is 6.04 Å². The zero-order valence-corrected chi connectivity index (χ0v) is 24.9. The first-order valence-corrected chi connectivity index (χ1v) is 13.9. The van der Waals surface area contributed by atoms with Crippen LogP contribution in [0.4, 0.5) is 5.13 Å². The number of ether oxygens (including phenoxy) is 1. The number of anilines is 1. The molecule has 0 radical (unpaired) electrons. The Labute approximate surface area is 235 Å². The Morgan fingerprint density at radius 3 is 2.44 bits per heavy atom. The molecular formula is C30H40N4O4S. The fourth-order valence-electron chi connectivity index (χ4n) is 3.54. The van der Waals surface area contributed by atoms with E-state index >= 15 is 0 Å². The predicted molar refractivity (Wildman–Crippen MR) is 159 cm³/mol. The first-order valence-electron chi connectivity index (χ1n) is 13.0. The second-order valence-corrected chi connectivity index (χ2v) is 10.9. The lowest BCUT2D eigenvalue weighted by Gasteiger charge is -2.21. The summed E-state index contributed by atoms with van der Waals surface area (Å²) in [6.07, 6.45) is 8.60. The third-order valence-corrected chi connectivity index (χ3v) is 6.25. The quantitative estimate of drug-likeness (QED) is 0.299. The summed E-state index contributed by atoms with van der Waals surface area (Å²) >= 11 is 1.26. The van der Waals surface area contributed by atoms with Gasteiger partial charge in [0, 0.05) is 41.5 Å². The van der Waals surface area contributed by atoms with Crippen molar-refractivity contribution >= 4 is 40.1 Å². The summed E-state index contributed by atoms with van der Waals surface area (Å²) in [4.78, 5) is 42.3. The van der Waals surface area contributed by atoms with Crippen molar-refractivity contribution in [3.63, 3.8) is 0 Å². The lowest BCUT2D eigenvalue weighted by Crippen LogP contribution is -2.46. The summed E-state index contributed by atoms with van der Waals surface area (Å²) in [6, 6.07) is 6.38. The van der Waals surface area contributed by atoms with Crippen LogP contribution in [0.1, 0.15) is 81.2 Å². The number of ketones is 1. The predicted octanol–water partition coefficient (Wildman–Crippen LogP) is 6.40. The molecule has 1 aromatic carbocycles. The summed E-state index contributed by atoms with van der Waals surface area (Å²) < 4.78 is 7.10. The van der Waals surface area contributed by atoms with Crippen LogP contribution in [0.2, 0.25) is 0 Å². The SMILES string of the molecule is C/C=C\c1ccc(-c2csc(NC(=O)C(COC)NC(=O)c3ccn(C(C)(C)C)c3)n2)cc1C(C)=O.CCC. The Bertz CT molecular complexity index is 1300. The number of carbonyl (C=O) groups is 3. The molecule has 3 rings (SSSR count). The Morgan fingerprint density at radius 1 is 1.18 bits per heavy atom. The van der Waals surface area contributed by atoms with Crippen LogP contribution in [-0.2, 0) is 15.1 Å². The molecule has 210 valence electrons. The molecule has 3 aromatic rings. The normalized spacial score (nSPS) is 12.0. The minimum Gasteiger partial charge on any atom is -0.382 e. The summed E-state index contributed by atoms with van der Waals surface area (Å²) in [5.41, 5.74) is 3.15. The Morgan fingerprint density at radius 2 is 1.87 bits per heavy atom. The maximum atomic E-state index is 12.9. The van der Waals surface area contributed by atoms with Gasteiger partial charge in [-0.15, -0.1) is 11.3 Å². The Kier molecular flexibility index (Phi) is 11.8. The largest absolute Gasteiger partial charge is 0.382 e. The van der Waals surface area contributed by atoms with Crippen LogP contribution in [0.15, 0.2) is 48.1 Å². The van der Waals surface area contributed by atoms with Gasteiger partial charge < -0.3 is 19.9 Å². The van der Waals surface area contributed by atoms with E-state index in [-0.39, 0.29) is 23.8 Å². The molecule has 2 amide bonds. The number of amides is 2. The Balaban J connectivity index is 0.00000170. The average molecular weight is 553 g/mol. The van der Waals surface area contributed by atoms with E-state index in [4.69, 9.17) is 4.74 Å². The molecule has 2 N–H and O–H groups in total. The number of hydrogen-bond donors (Lipinski definition) is 2. The van der Waals surface area contributed by atoms with Crippen LogP contribution in [0, 0.1) is 0 Å². The molecule has 0 aliphatic carbocycles. The van der Waals surface area contributed by atoms with E-state index in [1.54, 1.807) is 18.3 Å². The van der Waals surface area contributed by atoms with Crippen LogP contribution in [0.25, 0.3) is 17.3 Å². The van der Waals surface area contributed by atoms with E-state index in [0.717, 1.165) is 11.1 Å².